The maximum Gasteiger partial charge on any atom is 0.0790 e. The van der Waals surface area contributed by atoms with E-state index in [-0.39, 0.29) is 0 Å². The Balaban J connectivity index is 1.67. The maximum absolute atomic E-state index is 5.75. The smallest absolute Gasteiger partial charge is 0.0790 e. The molecule has 2 fully saturated rings. The summed E-state index contributed by atoms with van der Waals surface area (Å²) in [6.45, 7) is 2.31. The Hall–Kier alpha value is 0.270. The Labute approximate surface area is 91.1 Å². The van der Waals surface area contributed by atoms with E-state index in [4.69, 9.17) is 4.84 Å². The normalized spacial score (nSPS) is 34.9. The van der Waals surface area contributed by atoms with Crippen LogP contribution in [0.2, 0.25) is 0 Å². The summed E-state index contributed by atoms with van der Waals surface area (Å²) in [7, 11) is 0. The first-order valence-electron chi connectivity index (χ1n) is 5.89. The lowest BCUT2D eigenvalue weighted by atomic mass is 10.1. The van der Waals surface area contributed by atoms with Crippen LogP contribution in [0.15, 0.2) is 0 Å². The molecule has 2 aliphatic rings. The van der Waals surface area contributed by atoms with Crippen LogP contribution in [0.25, 0.3) is 0 Å². The zero-order valence-corrected chi connectivity index (χ0v) is 9.81. The molecule has 1 saturated heterocycles. The van der Waals surface area contributed by atoms with Crippen molar-refractivity contribution in [2.45, 2.75) is 62.8 Å². The summed E-state index contributed by atoms with van der Waals surface area (Å²) in [5.41, 5.74) is 3.29. The number of nitrogens with one attached hydrogen (secondary N) is 1. The summed E-state index contributed by atoms with van der Waals surface area (Å²) in [6, 6.07) is 0.578. The van der Waals surface area contributed by atoms with E-state index in [0.29, 0.717) is 17.4 Å². The molecule has 0 aromatic rings. The standard InChI is InChI=1S/C11H21NOS/c1-9-11(7-4-8-14-9)12-13-10-5-2-3-6-10/h9-12H,2-8H2,1H3. The Morgan fingerprint density at radius 1 is 1.14 bits per heavy atom. The maximum atomic E-state index is 5.75. The fourth-order valence-corrected chi connectivity index (χ4v) is 3.40. The lowest BCUT2D eigenvalue weighted by molar-refractivity contribution is -0.0416. The molecule has 2 rings (SSSR count). The lowest BCUT2D eigenvalue weighted by Crippen LogP contribution is -2.40. The summed E-state index contributed by atoms with van der Waals surface area (Å²) in [4.78, 5) is 5.75. The van der Waals surface area contributed by atoms with Crippen molar-refractivity contribution in [1.82, 2.24) is 5.48 Å². The van der Waals surface area contributed by atoms with Crippen LogP contribution in [0.3, 0.4) is 0 Å². The molecule has 2 unspecified atom stereocenters. The molecule has 1 aliphatic heterocycles. The van der Waals surface area contributed by atoms with Gasteiger partial charge < -0.3 is 0 Å². The molecule has 0 aromatic carbocycles. The minimum Gasteiger partial charge on any atom is -0.298 e. The highest BCUT2D eigenvalue weighted by Gasteiger charge is 2.23. The van der Waals surface area contributed by atoms with Crippen LogP contribution in [0.1, 0.15) is 45.4 Å². The van der Waals surface area contributed by atoms with Gasteiger partial charge in [0.05, 0.1) is 6.10 Å². The highest BCUT2D eigenvalue weighted by molar-refractivity contribution is 7.99. The minimum atomic E-state index is 0.495. The van der Waals surface area contributed by atoms with Crippen molar-refractivity contribution in [3.05, 3.63) is 0 Å². The molecule has 0 amide bonds. The van der Waals surface area contributed by atoms with Gasteiger partial charge in [0.1, 0.15) is 0 Å². The van der Waals surface area contributed by atoms with Crippen LogP contribution in [0, 0.1) is 0 Å². The fraction of sp³-hybridized carbons (Fsp3) is 1.00. The first kappa shape index (κ1) is 10.8. The van der Waals surface area contributed by atoms with Crippen LogP contribution in [-0.4, -0.2) is 23.1 Å². The number of hydroxylamine groups is 1. The molecule has 1 N–H and O–H groups in total. The molecule has 0 bridgehead atoms. The molecule has 3 heteroatoms. The van der Waals surface area contributed by atoms with E-state index in [9.17, 15) is 0 Å². The molecular weight excluding hydrogens is 194 g/mol. The van der Waals surface area contributed by atoms with Gasteiger partial charge in [0.2, 0.25) is 0 Å². The van der Waals surface area contributed by atoms with Crippen molar-refractivity contribution in [3.8, 4) is 0 Å². The molecule has 2 nitrogen and oxygen atoms in total. The number of hydrogen-bond donors (Lipinski definition) is 1. The van der Waals surface area contributed by atoms with Gasteiger partial charge in [-0.15, -0.1) is 0 Å². The number of rotatable bonds is 3. The summed E-state index contributed by atoms with van der Waals surface area (Å²) in [6.07, 6.45) is 8.31. The molecule has 2 atom stereocenters. The third-order valence-electron chi connectivity index (χ3n) is 3.30. The van der Waals surface area contributed by atoms with Crippen molar-refractivity contribution in [2.75, 3.05) is 5.75 Å². The Morgan fingerprint density at radius 2 is 1.93 bits per heavy atom. The molecule has 82 valence electrons. The second-order valence-corrected chi connectivity index (χ2v) is 5.95. The molecule has 1 heterocycles. The predicted molar refractivity (Wildman–Crippen MR) is 61.4 cm³/mol. The van der Waals surface area contributed by atoms with E-state index < -0.39 is 0 Å². The second-order valence-electron chi connectivity index (χ2n) is 4.47. The third-order valence-corrected chi connectivity index (χ3v) is 4.67. The Kier molecular flexibility index (Phi) is 4.14. The van der Waals surface area contributed by atoms with Gasteiger partial charge in [0, 0.05) is 11.3 Å². The molecular formula is C11H21NOS. The zero-order chi connectivity index (χ0) is 9.80. The Morgan fingerprint density at radius 3 is 2.64 bits per heavy atom. The SMILES string of the molecule is CC1SCCCC1NOC1CCCC1. The molecule has 0 aromatic heterocycles. The van der Waals surface area contributed by atoms with Crippen molar-refractivity contribution < 1.29 is 4.84 Å². The van der Waals surface area contributed by atoms with E-state index in [2.05, 4.69) is 24.2 Å². The monoisotopic (exact) mass is 215 g/mol. The van der Waals surface area contributed by atoms with Crippen molar-refractivity contribution in [3.63, 3.8) is 0 Å². The van der Waals surface area contributed by atoms with Crippen LogP contribution in [-0.2, 0) is 4.84 Å². The summed E-state index contributed by atoms with van der Waals surface area (Å²) >= 11 is 2.07. The Bertz CT molecular complexity index is 171. The molecule has 1 saturated carbocycles. The van der Waals surface area contributed by atoms with E-state index >= 15 is 0 Å². The average Bonchev–Trinajstić information content (AvgIpc) is 2.69. The van der Waals surface area contributed by atoms with Gasteiger partial charge in [0.15, 0.2) is 0 Å². The van der Waals surface area contributed by atoms with E-state index in [1.54, 1.807) is 0 Å². The van der Waals surface area contributed by atoms with Gasteiger partial charge in [-0.3, -0.25) is 4.84 Å². The summed E-state index contributed by atoms with van der Waals surface area (Å²) < 4.78 is 0. The van der Waals surface area contributed by atoms with Gasteiger partial charge in [0.25, 0.3) is 0 Å². The van der Waals surface area contributed by atoms with Crippen molar-refractivity contribution in [2.24, 2.45) is 0 Å². The average molecular weight is 215 g/mol. The number of hydrogen-bond acceptors (Lipinski definition) is 3. The zero-order valence-electron chi connectivity index (χ0n) is 9.00. The van der Waals surface area contributed by atoms with Crippen LogP contribution in [0.5, 0.6) is 0 Å². The summed E-state index contributed by atoms with van der Waals surface area (Å²) in [5, 5.41) is 0.713. The van der Waals surface area contributed by atoms with E-state index in [1.807, 2.05) is 0 Å². The highest BCUT2D eigenvalue weighted by atomic mass is 32.2. The lowest BCUT2D eigenvalue weighted by Gasteiger charge is -2.29. The van der Waals surface area contributed by atoms with Crippen molar-refractivity contribution in [1.29, 1.82) is 0 Å². The van der Waals surface area contributed by atoms with E-state index in [0.717, 1.165) is 0 Å². The summed E-state index contributed by atoms with van der Waals surface area (Å²) in [5.74, 6) is 1.32. The van der Waals surface area contributed by atoms with Gasteiger partial charge in [-0.25, -0.2) is 0 Å². The van der Waals surface area contributed by atoms with Gasteiger partial charge >= 0.3 is 0 Å². The van der Waals surface area contributed by atoms with E-state index in [1.165, 1.54) is 44.3 Å². The highest BCUT2D eigenvalue weighted by Crippen LogP contribution is 2.26. The first-order chi connectivity index (χ1) is 6.86. The molecule has 1 aliphatic carbocycles. The van der Waals surface area contributed by atoms with Gasteiger partial charge in [-0.2, -0.15) is 17.2 Å². The van der Waals surface area contributed by atoms with Gasteiger partial charge in [-0.1, -0.05) is 19.8 Å². The van der Waals surface area contributed by atoms with Crippen LogP contribution in [0.4, 0.5) is 0 Å². The van der Waals surface area contributed by atoms with Crippen LogP contribution >= 0.6 is 11.8 Å². The van der Waals surface area contributed by atoms with Gasteiger partial charge in [-0.05, 0) is 31.4 Å². The second kappa shape index (κ2) is 5.38. The largest absolute Gasteiger partial charge is 0.298 e. The fourth-order valence-electron chi connectivity index (χ4n) is 2.27. The molecule has 14 heavy (non-hydrogen) atoms. The third kappa shape index (κ3) is 2.88. The first-order valence-corrected chi connectivity index (χ1v) is 6.94. The van der Waals surface area contributed by atoms with Crippen molar-refractivity contribution >= 4 is 11.8 Å². The molecule has 0 radical (unpaired) electrons. The number of thioether (sulfide) groups is 1. The van der Waals surface area contributed by atoms with Crippen LogP contribution < -0.4 is 5.48 Å². The molecule has 0 spiro atoms. The quantitative estimate of drug-likeness (QED) is 0.731. The predicted octanol–water partition coefficient (Wildman–Crippen LogP) is 2.73. The minimum absolute atomic E-state index is 0.495. The topological polar surface area (TPSA) is 21.3 Å².